The molecule has 0 fully saturated rings. The molecule has 4 nitrogen and oxygen atoms in total. The first-order chi connectivity index (χ1) is 9.81. The van der Waals surface area contributed by atoms with Crippen molar-refractivity contribution < 1.29 is 4.74 Å². The molecule has 2 N–H and O–H groups in total. The molecule has 1 aliphatic carbocycles. The molecule has 0 aromatic carbocycles. The molecule has 20 heavy (non-hydrogen) atoms. The number of rotatable bonds is 3. The van der Waals surface area contributed by atoms with Gasteiger partial charge in [0.05, 0.1) is 13.3 Å². The van der Waals surface area contributed by atoms with Crippen LogP contribution in [0.2, 0.25) is 0 Å². The van der Waals surface area contributed by atoms with E-state index in [-0.39, 0.29) is 12.0 Å². The highest BCUT2D eigenvalue weighted by atomic mass is 16.5. The summed E-state index contributed by atoms with van der Waals surface area (Å²) in [5, 5.41) is 0. The molecule has 0 saturated heterocycles. The van der Waals surface area contributed by atoms with Crippen molar-refractivity contribution in [1.82, 2.24) is 9.97 Å². The number of nitrogens with zero attached hydrogens (tertiary/aromatic N) is 2. The number of hydrogen-bond acceptors (Lipinski definition) is 4. The van der Waals surface area contributed by atoms with Gasteiger partial charge in [-0.1, -0.05) is 6.07 Å². The molecule has 0 spiro atoms. The van der Waals surface area contributed by atoms with Crippen LogP contribution in [0.1, 0.15) is 41.6 Å². The van der Waals surface area contributed by atoms with E-state index in [9.17, 15) is 0 Å². The summed E-state index contributed by atoms with van der Waals surface area (Å²) >= 11 is 0. The maximum atomic E-state index is 6.51. The molecule has 2 heterocycles. The van der Waals surface area contributed by atoms with Crippen molar-refractivity contribution in [3.05, 3.63) is 53.6 Å². The molecule has 104 valence electrons. The summed E-state index contributed by atoms with van der Waals surface area (Å²) < 4.78 is 5.38. The summed E-state index contributed by atoms with van der Waals surface area (Å²) in [5.41, 5.74) is 9.99. The van der Waals surface area contributed by atoms with E-state index in [1.54, 1.807) is 19.5 Å². The minimum atomic E-state index is -0.109. The fourth-order valence-corrected chi connectivity index (χ4v) is 3.05. The Morgan fingerprint density at radius 2 is 2.25 bits per heavy atom. The van der Waals surface area contributed by atoms with Gasteiger partial charge in [0, 0.05) is 35.6 Å². The number of methoxy groups -OCH3 is 1. The van der Waals surface area contributed by atoms with Crippen molar-refractivity contribution >= 4 is 0 Å². The summed E-state index contributed by atoms with van der Waals surface area (Å²) in [7, 11) is 1.65. The zero-order chi connectivity index (χ0) is 13.9. The molecular formula is C16H19N3O. The summed E-state index contributed by atoms with van der Waals surface area (Å²) in [6.07, 6.45) is 8.66. The minimum Gasteiger partial charge on any atom is -0.495 e. The lowest BCUT2D eigenvalue weighted by Crippen LogP contribution is -2.25. The van der Waals surface area contributed by atoms with Gasteiger partial charge in [0.1, 0.15) is 5.75 Å². The van der Waals surface area contributed by atoms with Crippen LogP contribution in [0.25, 0.3) is 0 Å². The Bertz CT molecular complexity index is 600. The summed E-state index contributed by atoms with van der Waals surface area (Å²) in [4.78, 5) is 8.66. The smallest absolute Gasteiger partial charge is 0.141 e. The Morgan fingerprint density at radius 3 is 3.10 bits per heavy atom. The minimum absolute atomic E-state index is 0.109. The van der Waals surface area contributed by atoms with E-state index in [1.807, 2.05) is 18.3 Å². The number of hydrogen-bond donors (Lipinski definition) is 1. The van der Waals surface area contributed by atoms with Crippen molar-refractivity contribution in [3.63, 3.8) is 0 Å². The SMILES string of the molecule is COc1cnccc1C(N)C1CCCc2cccnc21. The second-order valence-electron chi connectivity index (χ2n) is 5.19. The van der Waals surface area contributed by atoms with Gasteiger partial charge in [0.2, 0.25) is 0 Å². The highest BCUT2D eigenvalue weighted by Crippen LogP contribution is 2.39. The second-order valence-corrected chi connectivity index (χ2v) is 5.19. The Hall–Kier alpha value is -1.94. The van der Waals surface area contributed by atoms with Gasteiger partial charge in [-0.25, -0.2) is 0 Å². The van der Waals surface area contributed by atoms with E-state index in [0.29, 0.717) is 0 Å². The molecule has 0 amide bonds. The number of fused-ring (bicyclic) bond motifs is 1. The van der Waals surface area contributed by atoms with Gasteiger partial charge in [-0.2, -0.15) is 0 Å². The first-order valence-electron chi connectivity index (χ1n) is 6.98. The van der Waals surface area contributed by atoms with Crippen molar-refractivity contribution in [2.24, 2.45) is 5.73 Å². The fraction of sp³-hybridized carbons (Fsp3) is 0.375. The number of ether oxygens (including phenoxy) is 1. The summed E-state index contributed by atoms with van der Waals surface area (Å²) in [5.74, 6) is 0.999. The van der Waals surface area contributed by atoms with Crippen molar-refractivity contribution in [2.75, 3.05) is 7.11 Å². The number of aromatic nitrogens is 2. The normalized spacial score (nSPS) is 19.2. The van der Waals surface area contributed by atoms with E-state index < -0.39 is 0 Å². The lowest BCUT2D eigenvalue weighted by Gasteiger charge is -2.29. The van der Waals surface area contributed by atoms with Gasteiger partial charge in [0.15, 0.2) is 0 Å². The maximum absolute atomic E-state index is 6.51. The van der Waals surface area contributed by atoms with Crippen LogP contribution < -0.4 is 10.5 Å². The molecule has 0 bridgehead atoms. The topological polar surface area (TPSA) is 61.0 Å². The third kappa shape index (κ3) is 2.27. The third-order valence-corrected chi connectivity index (χ3v) is 4.07. The molecule has 2 atom stereocenters. The highest BCUT2D eigenvalue weighted by molar-refractivity contribution is 5.37. The molecule has 2 unspecified atom stereocenters. The number of pyridine rings is 2. The summed E-state index contributed by atoms with van der Waals surface area (Å²) in [6.45, 7) is 0. The fourth-order valence-electron chi connectivity index (χ4n) is 3.05. The quantitative estimate of drug-likeness (QED) is 0.930. The molecule has 2 aromatic rings. The predicted molar refractivity (Wildman–Crippen MR) is 77.6 cm³/mol. The van der Waals surface area contributed by atoms with Crippen LogP contribution in [-0.2, 0) is 6.42 Å². The van der Waals surface area contributed by atoms with Crippen LogP contribution in [0.3, 0.4) is 0 Å². The van der Waals surface area contributed by atoms with Crippen molar-refractivity contribution in [3.8, 4) is 5.75 Å². The van der Waals surface area contributed by atoms with E-state index in [1.165, 1.54) is 5.56 Å². The van der Waals surface area contributed by atoms with E-state index >= 15 is 0 Å². The average Bonchev–Trinajstić information content (AvgIpc) is 2.53. The van der Waals surface area contributed by atoms with Gasteiger partial charge in [-0.15, -0.1) is 0 Å². The van der Waals surface area contributed by atoms with Crippen LogP contribution in [0.4, 0.5) is 0 Å². The van der Waals surface area contributed by atoms with Gasteiger partial charge in [-0.3, -0.25) is 9.97 Å². The van der Waals surface area contributed by atoms with E-state index in [0.717, 1.165) is 36.3 Å². The molecular weight excluding hydrogens is 250 g/mol. The van der Waals surface area contributed by atoms with Crippen LogP contribution in [0, 0.1) is 0 Å². The first-order valence-corrected chi connectivity index (χ1v) is 6.98. The zero-order valence-corrected chi connectivity index (χ0v) is 11.6. The standard InChI is InChI=1S/C16H19N3O/c1-20-14-10-18-9-7-12(14)15(17)13-6-2-4-11-5-3-8-19-16(11)13/h3,5,7-10,13,15H,2,4,6,17H2,1H3. The van der Waals surface area contributed by atoms with Gasteiger partial charge < -0.3 is 10.5 Å². The molecule has 0 aliphatic heterocycles. The van der Waals surface area contributed by atoms with Gasteiger partial charge in [0.25, 0.3) is 0 Å². The van der Waals surface area contributed by atoms with Crippen LogP contribution >= 0.6 is 0 Å². The Kier molecular flexibility index (Phi) is 3.65. The first kappa shape index (κ1) is 13.1. The molecule has 0 saturated carbocycles. The highest BCUT2D eigenvalue weighted by Gasteiger charge is 2.29. The lowest BCUT2D eigenvalue weighted by atomic mass is 9.80. The Balaban J connectivity index is 1.97. The van der Waals surface area contributed by atoms with Crippen LogP contribution in [-0.4, -0.2) is 17.1 Å². The molecule has 1 aliphatic rings. The number of aryl methyl sites for hydroxylation is 1. The second kappa shape index (κ2) is 5.59. The van der Waals surface area contributed by atoms with Gasteiger partial charge in [-0.05, 0) is 37.0 Å². The van der Waals surface area contributed by atoms with E-state index in [4.69, 9.17) is 10.5 Å². The largest absolute Gasteiger partial charge is 0.495 e. The molecule has 0 radical (unpaired) electrons. The van der Waals surface area contributed by atoms with Crippen LogP contribution in [0.5, 0.6) is 5.75 Å². The van der Waals surface area contributed by atoms with E-state index in [2.05, 4.69) is 16.0 Å². The monoisotopic (exact) mass is 269 g/mol. The van der Waals surface area contributed by atoms with Crippen molar-refractivity contribution in [1.29, 1.82) is 0 Å². The van der Waals surface area contributed by atoms with Gasteiger partial charge >= 0.3 is 0 Å². The Morgan fingerprint density at radius 1 is 1.35 bits per heavy atom. The third-order valence-electron chi connectivity index (χ3n) is 4.07. The molecule has 3 rings (SSSR count). The number of nitrogens with two attached hydrogens (primary N) is 1. The lowest BCUT2D eigenvalue weighted by molar-refractivity contribution is 0.391. The molecule has 2 aromatic heterocycles. The summed E-state index contributed by atoms with van der Waals surface area (Å²) in [6, 6.07) is 5.99. The van der Waals surface area contributed by atoms with Crippen LogP contribution in [0.15, 0.2) is 36.8 Å². The predicted octanol–water partition coefficient (Wildman–Crippen LogP) is 2.61. The maximum Gasteiger partial charge on any atom is 0.141 e. The van der Waals surface area contributed by atoms with Crippen molar-refractivity contribution in [2.45, 2.75) is 31.2 Å². The Labute approximate surface area is 119 Å². The zero-order valence-electron chi connectivity index (χ0n) is 11.6. The molecule has 4 heteroatoms. The average molecular weight is 269 g/mol.